The van der Waals surface area contributed by atoms with Crippen molar-refractivity contribution >= 4 is 27.5 Å². The second kappa shape index (κ2) is 8.88. The van der Waals surface area contributed by atoms with E-state index in [9.17, 15) is 18.0 Å². The van der Waals surface area contributed by atoms with E-state index in [1.807, 2.05) is 13.8 Å². The van der Waals surface area contributed by atoms with E-state index >= 15 is 0 Å². The first kappa shape index (κ1) is 21.4. The molecular weight excluding hydrogens is 382 g/mol. The maximum Gasteiger partial charge on any atom is 0.338 e. The van der Waals surface area contributed by atoms with Crippen molar-refractivity contribution < 1.29 is 27.5 Å². The zero-order valence-electron chi connectivity index (χ0n) is 16.1. The summed E-state index contributed by atoms with van der Waals surface area (Å²) in [5.41, 5.74) is 0.955. The molecule has 0 radical (unpaired) electrons. The van der Waals surface area contributed by atoms with Gasteiger partial charge in [0.05, 0.1) is 17.9 Å². The number of ketones is 1. The highest BCUT2D eigenvalue weighted by Crippen LogP contribution is 2.17. The van der Waals surface area contributed by atoms with E-state index in [0.29, 0.717) is 22.6 Å². The molecule has 1 atom stereocenters. The molecule has 0 unspecified atom stereocenters. The van der Waals surface area contributed by atoms with Gasteiger partial charge in [-0.05, 0) is 69.3 Å². The van der Waals surface area contributed by atoms with E-state index in [0.717, 1.165) is 6.26 Å². The summed E-state index contributed by atoms with van der Waals surface area (Å²) in [6, 6.07) is 12.3. The zero-order chi connectivity index (χ0) is 20.9. The number of esters is 1. The second-order valence-electron chi connectivity index (χ2n) is 6.55. The molecule has 150 valence electrons. The molecular formula is C20H23NO6S. The van der Waals surface area contributed by atoms with Gasteiger partial charge < -0.3 is 9.47 Å². The number of ether oxygens (including phenoxy) is 2. The van der Waals surface area contributed by atoms with Gasteiger partial charge in [0.1, 0.15) is 5.75 Å². The van der Waals surface area contributed by atoms with Crippen molar-refractivity contribution in [1.29, 1.82) is 0 Å². The van der Waals surface area contributed by atoms with Gasteiger partial charge in [-0.1, -0.05) is 0 Å². The topological polar surface area (TPSA) is 98.8 Å². The lowest BCUT2D eigenvalue weighted by molar-refractivity contribution is 0.0319. The summed E-state index contributed by atoms with van der Waals surface area (Å²) in [7, 11) is -3.40. The number of carbonyl (C=O) groups excluding carboxylic acids is 2. The quantitative estimate of drug-likeness (QED) is 0.535. The van der Waals surface area contributed by atoms with Crippen LogP contribution >= 0.6 is 0 Å². The predicted octanol–water partition coefficient (Wildman–Crippen LogP) is 3.27. The third-order valence-corrected chi connectivity index (χ3v) is 4.19. The fourth-order valence-corrected chi connectivity index (χ4v) is 2.94. The monoisotopic (exact) mass is 405 g/mol. The number of nitrogens with one attached hydrogen (secondary N) is 1. The molecule has 0 saturated heterocycles. The average molecular weight is 405 g/mol. The number of Topliss-reactive ketones (excluding diaryl/α,β-unsaturated/α-hetero) is 1. The first-order chi connectivity index (χ1) is 13.0. The molecule has 0 amide bonds. The Labute approximate surface area is 164 Å². The van der Waals surface area contributed by atoms with Gasteiger partial charge >= 0.3 is 5.97 Å². The standard InChI is InChI=1S/C20H23NO6S/c1-13(2)26-18-11-7-16(8-12-18)20(23)27-14(3)19(22)15-5-9-17(10-6-15)21-28(4,24)25/h5-14,21H,1-4H3/t14-/m1/s1. The molecule has 0 fully saturated rings. The Morgan fingerprint density at radius 3 is 1.93 bits per heavy atom. The average Bonchev–Trinajstić information content (AvgIpc) is 2.60. The van der Waals surface area contributed by atoms with Crippen LogP contribution in [0.2, 0.25) is 0 Å². The highest BCUT2D eigenvalue weighted by molar-refractivity contribution is 7.92. The lowest BCUT2D eigenvalue weighted by Gasteiger charge is -2.14. The lowest BCUT2D eigenvalue weighted by Crippen LogP contribution is -2.24. The van der Waals surface area contributed by atoms with Crippen LogP contribution in [-0.4, -0.2) is 38.6 Å². The maximum atomic E-state index is 12.4. The number of benzene rings is 2. The molecule has 2 aromatic rings. The molecule has 0 heterocycles. The summed E-state index contributed by atoms with van der Waals surface area (Å²) >= 11 is 0. The predicted molar refractivity (Wildman–Crippen MR) is 106 cm³/mol. The first-order valence-electron chi connectivity index (χ1n) is 8.65. The van der Waals surface area contributed by atoms with E-state index in [-0.39, 0.29) is 11.9 Å². The highest BCUT2D eigenvalue weighted by atomic mass is 32.2. The minimum atomic E-state index is -3.40. The van der Waals surface area contributed by atoms with Crippen LogP contribution in [0.25, 0.3) is 0 Å². The van der Waals surface area contributed by atoms with Gasteiger partial charge in [-0.2, -0.15) is 0 Å². The SMILES string of the molecule is CC(C)Oc1ccc(C(=O)O[C@H](C)C(=O)c2ccc(NS(C)(=O)=O)cc2)cc1. The van der Waals surface area contributed by atoms with E-state index in [1.165, 1.54) is 31.2 Å². The summed E-state index contributed by atoms with van der Waals surface area (Å²) in [5.74, 6) is -0.371. The maximum absolute atomic E-state index is 12.4. The van der Waals surface area contributed by atoms with Crippen LogP contribution < -0.4 is 9.46 Å². The smallest absolute Gasteiger partial charge is 0.338 e. The van der Waals surface area contributed by atoms with Gasteiger partial charge in [0.15, 0.2) is 6.10 Å². The second-order valence-corrected chi connectivity index (χ2v) is 8.30. The number of rotatable bonds is 8. The van der Waals surface area contributed by atoms with Crippen molar-refractivity contribution in [1.82, 2.24) is 0 Å². The molecule has 0 aliphatic rings. The molecule has 1 N–H and O–H groups in total. The molecule has 0 spiro atoms. The Hall–Kier alpha value is -2.87. The van der Waals surface area contributed by atoms with Crippen LogP contribution in [-0.2, 0) is 14.8 Å². The summed E-state index contributed by atoms with van der Waals surface area (Å²) in [6.45, 7) is 5.29. The molecule has 0 aromatic heterocycles. The van der Waals surface area contributed by atoms with Gasteiger partial charge in [0, 0.05) is 11.3 Å². The Morgan fingerprint density at radius 2 is 1.43 bits per heavy atom. The molecule has 7 nitrogen and oxygen atoms in total. The van der Waals surface area contributed by atoms with Crippen LogP contribution in [0.4, 0.5) is 5.69 Å². The van der Waals surface area contributed by atoms with Gasteiger partial charge in [0.25, 0.3) is 0 Å². The number of sulfonamides is 1. The molecule has 0 bridgehead atoms. The van der Waals surface area contributed by atoms with Crippen LogP contribution in [0.15, 0.2) is 48.5 Å². The minimum absolute atomic E-state index is 0.0227. The van der Waals surface area contributed by atoms with E-state index in [4.69, 9.17) is 9.47 Å². The number of anilines is 1. The van der Waals surface area contributed by atoms with Crippen molar-refractivity contribution in [3.8, 4) is 5.75 Å². The minimum Gasteiger partial charge on any atom is -0.491 e. The Balaban J connectivity index is 2.00. The van der Waals surface area contributed by atoms with Gasteiger partial charge in [0.2, 0.25) is 15.8 Å². The molecule has 28 heavy (non-hydrogen) atoms. The van der Waals surface area contributed by atoms with Crippen molar-refractivity contribution in [3.05, 3.63) is 59.7 Å². The van der Waals surface area contributed by atoms with E-state index < -0.39 is 22.1 Å². The van der Waals surface area contributed by atoms with Crippen molar-refractivity contribution in [3.63, 3.8) is 0 Å². The van der Waals surface area contributed by atoms with E-state index in [1.54, 1.807) is 24.3 Å². The molecule has 2 aromatic carbocycles. The van der Waals surface area contributed by atoms with Gasteiger partial charge in [-0.25, -0.2) is 13.2 Å². The Kier molecular flexibility index (Phi) is 6.80. The summed E-state index contributed by atoms with van der Waals surface area (Å²) < 4.78 is 35.5. The molecule has 0 aliphatic carbocycles. The lowest BCUT2D eigenvalue weighted by atomic mass is 10.1. The zero-order valence-corrected chi connectivity index (χ0v) is 16.9. The fraction of sp³-hybridized carbons (Fsp3) is 0.300. The summed E-state index contributed by atoms with van der Waals surface area (Å²) in [6.07, 6.45) is 0.0667. The number of hydrogen-bond acceptors (Lipinski definition) is 6. The molecule has 0 aliphatic heterocycles. The third kappa shape index (κ3) is 6.38. The first-order valence-corrected chi connectivity index (χ1v) is 10.5. The summed E-state index contributed by atoms with van der Waals surface area (Å²) in [5, 5.41) is 0. The van der Waals surface area contributed by atoms with Crippen LogP contribution in [0.5, 0.6) is 5.75 Å². The Morgan fingerprint density at radius 1 is 0.893 bits per heavy atom. The van der Waals surface area contributed by atoms with Crippen molar-refractivity contribution in [2.75, 3.05) is 11.0 Å². The normalized spacial score (nSPS) is 12.3. The van der Waals surface area contributed by atoms with Crippen molar-refractivity contribution in [2.45, 2.75) is 33.0 Å². The molecule has 8 heteroatoms. The van der Waals surface area contributed by atoms with Crippen molar-refractivity contribution in [2.24, 2.45) is 0 Å². The summed E-state index contributed by atoms with van der Waals surface area (Å²) in [4.78, 5) is 24.7. The van der Waals surface area contributed by atoms with Gasteiger partial charge in [-0.3, -0.25) is 9.52 Å². The van der Waals surface area contributed by atoms with Crippen LogP contribution in [0.1, 0.15) is 41.5 Å². The largest absolute Gasteiger partial charge is 0.491 e. The Bertz CT molecular complexity index is 934. The third-order valence-electron chi connectivity index (χ3n) is 3.59. The number of carbonyl (C=O) groups is 2. The van der Waals surface area contributed by atoms with E-state index in [2.05, 4.69) is 4.72 Å². The van der Waals surface area contributed by atoms with Crippen LogP contribution in [0.3, 0.4) is 0 Å². The van der Waals surface area contributed by atoms with Gasteiger partial charge in [-0.15, -0.1) is 0 Å². The fourth-order valence-electron chi connectivity index (χ4n) is 2.38. The highest BCUT2D eigenvalue weighted by Gasteiger charge is 2.20. The van der Waals surface area contributed by atoms with Crippen LogP contribution in [0, 0.1) is 0 Å². The molecule has 2 rings (SSSR count). The number of hydrogen-bond donors (Lipinski definition) is 1. The molecule has 0 saturated carbocycles.